The summed E-state index contributed by atoms with van der Waals surface area (Å²) in [6, 6.07) is 19.1. The first-order valence-electron chi connectivity index (χ1n) is 17.1. The molecule has 12 nitrogen and oxygen atoms in total. The molecule has 6 rings (SSSR count). The standard InChI is InChI=1S/C38H42FN9O3/c1-46(2)35(50)27-11-15-32-25(19-27)9-10-26-20-28(36(51)47(3)4)12-16-33(26)38(32,37-42-44-45-43-37)21-30(18-24-7-13-29(39)14-8-24)41-23-34(49)48-17-5-6-31(48)22-40/h7-8,11-16,19-20,30-31,41H,5-6,9-10,17-18,21,23H2,1-4H3,(H,42,43,44,45)/t30-,31+/m1/s1. The van der Waals surface area contributed by atoms with Crippen LogP contribution in [0.15, 0.2) is 60.7 Å². The molecule has 1 aliphatic carbocycles. The van der Waals surface area contributed by atoms with Crippen LogP contribution in [0.25, 0.3) is 0 Å². The van der Waals surface area contributed by atoms with E-state index >= 15 is 0 Å². The van der Waals surface area contributed by atoms with E-state index in [1.54, 1.807) is 45.2 Å². The van der Waals surface area contributed by atoms with Crippen molar-refractivity contribution < 1.29 is 18.8 Å². The predicted octanol–water partition coefficient (Wildman–Crippen LogP) is 3.28. The number of H-pyrrole nitrogens is 1. The van der Waals surface area contributed by atoms with Gasteiger partial charge in [-0.3, -0.25) is 14.4 Å². The van der Waals surface area contributed by atoms with E-state index in [1.807, 2.05) is 36.4 Å². The minimum atomic E-state index is -1.06. The molecule has 2 aliphatic rings. The Labute approximate surface area is 296 Å². The van der Waals surface area contributed by atoms with Gasteiger partial charge in [0.15, 0.2) is 5.82 Å². The Bertz CT molecular complexity index is 1880. The third-order valence-corrected chi connectivity index (χ3v) is 10.0. The molecular formula is C38H42FN9O3. The summed E-state index contributed by atoms with van der Waals surface area (Å²) in [4.78, 5) is 44.6. The lowest BCUT2D eigenvalue weighted by molar-refractivity contribution is -0.130. The zero-order chi connectivity index (χ0) is 36.3. The van der Waals surface area contributed by atoms with E-state index in [2.05, 4.69) is 32.0 Å². The maximum absolute atomic E-state index is 14.0. The molecule has 2 N–H and O–H groups in total. The average Bonchev–Trinajstić information content (AvgIpc) is 3.83. The summed E-state index contributed by atoms with van der Waals surface area (Å²) in [5, 5.41) is 29.0. The first kappa shape index (κ1) is 35.3. The highest BCUT2D eigenvalue weighted by atomic mass is 19.1. The summed E-state index contributed by atoms with van der Waals surface area (Å²) in [5.41, 5.74) is 4.49. The number of aromatic nitrogens is 4. The van der Waals surface area contributed by atoms with Gasteiger partial charge in [0, 0.05) is 51.9 Å². The van der Waals surface area contributed by atoms with E-state index in [9.17, 15) is 24.0 Å². The van der Waals surface area contributed by atoms with Crippen LogP contribution in [0.4, 0.5) is 4.39 Å². The first-order chi connectivity index (χ1) is 24.5. The first-order valence-corrected chi connectivity index (χ1v) is 17.1. The van der Waals surface area contributed by atoms with Gasteiger partial charge >= 0.3 is 0 Å². The number of aromatic amines is 1. The van der Waals surface area contributed by atoms with Crippen LogP contribution in [-0.4, -0.2) is 106 Å². The second-order valence-corrected chi connectivity index (χ2v) is 13.8. The number of carbonyl (C=O) groups excluding carboxylic acids is 3. The molecule has 264 valence electrons. The number of nitriles is 1. The van der Waals surface area contributed by atoms with Gasteiger partial charge in [-0.15, -0.1) is 10.2 Å². The van der Waals surface area contributed by atoms with Gasteiger partial charge < -0.3 is 20.0 Å². The van der Waals surface area contributed by atoms with Crippen molar-refractivity contribution in [1.82, 2.24) is 40.6 Å². The van der Waals surface area contributed by atoms with Crippen molar-refractivity contribution in [3.63, 3.8) is 0 Å². The van der Waals surface area contributed by atoms with Crippen LogP contribution in [0, 0.1) is 17.1 Å². The molecule has 2 atom stereocenters. The number of nitrogens with one attached hydrogen (secondary N) is 2. The van der Waals surface area contributed by atoms with Gasteiger partial charge in [0.25, 0.3) is 11.8 Å². The lowest BCUT2D eigenvalue weighted by Crippen LogP contribution is -2.47. The van der Waals surface area contributed by atoms with E-state index in [1.165, 1.54) is 21.9 Å². The molecule has 2 heterocycles. The van der Waals surface area contributed by atoms with Crippen molar-refractivity contribution in [1.29, 1.82) is 5.26 Å². The molecule has 0 saturated carbocycles. The molecule has 0 unspecified atom stereocenters. The summed E-state index contributed by atoms with van der Waals surface area (Å²) >= 11 is 0. The molecule has 51 heavy (non-hydrogen) atoms. The average molecular weight is 692 g/mol. The number of hydrogen-bond acceptors (Lipinski definition) is 8. The molecule has 4 aromatic rings. The number of tetrazole rings is 1. The Kier molecular flexibility index (Phi) is 10.2. The second-order valence-electron chi connectivity index (χ2n) is 13.8. The van der Waals surface area contributed by atoms with Gasteiger partial charge in [-0.1, -0.05) is 29.5 Å². The lowest BCUT2D eigenvalue weighted by Gasteiger charge is -2.37. The fraction of sp³-hybridized carbons (Fsp3) is 0.395. The molecule has 3 aromatic carbocycles. The third-order valence-electron chi connectivity index (χ3n) is 10.0. The number of halogens is 1. The fourth-order valence-corrected chi connectivity index (χ4v) is 7.55. The van der Waals surface area contributed by atoms with E-state index in [-0.39, 0.29) is 30.1 Å². The topological polar surface area (TPSA) is 151 Å². The number of hydrogen-bond donors (Lipinski definition) is 2. The zero-order valence-corrected chi connectivity index (χ0v) is 29.3. The Hall–Kier alpha value is -5.48. The molecule has 0 spiro atoms. The van der Waals surface area contributed by atoms with E-state index < -0.39 is 17.5 Å². The van der Waals surface area contributed by atoms with Crippen LogP contribution in [0.1, 0.15) is 73.6 Å². The zero-order valence-electron chi connectivity index (χ0n) is 29.3. The number of amides is 3. The van der Waals surface area contributed by atoms with Crippen molar-refractivity contribution in [2.24, 2.45) is 0 Å². The SMILES string of the molecule is CN(C)C(=O)c1ccc2c(c1)CCc1cc(C(=O)N(C)C)ccc1C2(C[C@@H](Cc1ccc(F)cc1)NCC(=O)N1CCC[C@H]1C#N)c1nn[nH]n1. The summed E-state index contributed by atoms with van der Waals surface area (Å²) in [6.45, 7) is 0.509. The number of likely N-dealkylation sites (tertiary alicyclic amines) is 1. The van der Waals surface area contributed by atoms with E-state index in [0.717, 1.165) is 34.2 Å². The predicted molar refractivity (Wildman–Crippen MR) is 187 cm³/mol. The van der Waals surface area contributed by atoms with Crippen LogP contribution in [0.3, 0.4) is 0 Å². The molecular weight excluding hydrogens is 649 g/mol. The molecule has 1 aromatic heterocycles. The van der Waals surface area contributed by atoms with Gasteiger partial charge in [0.05, 0.1) is 18.0 Å². The van der Waals surface area contributed by atoms with Gasteiger partial charge in [-0.05, 0) is 103 Å². The molecule has 0 radical (unpaired) electrons. The molecule has 1 saturated heterocycles. The van der Waals surface area contributed by atoms with E-state index in [0.29, 0.717) is 55.6 Å². The number of rotatable bonds is 10. The largest absolute Gasteiger partial charge is 0.345 e. The monoisotopic (exact) mass is 691 g/mol. The van der Waals surface area contributed by atoms with E-state index in [4.69, 9.17) is 0 Å². The molecule has 1 aliphatic heterocycles. The van der Waals surface area contributed by atoms with Crippen molar-refractivity contribution in [2.45, 2.75) is 56.0 Å². The number of aryl methyl sites for hydroxylation is 2. The Balaban J connectivity index is 1.51. The quantitative estimate of drug-likeness (QED) is 0.257. The van der Waals surface area contributed by atoms with Crippen LogP contribution in [0.5, 0.6) is 0 Å². The minimum absolute atomic E-state index is 0.0152. The van der Waals surface area contributed by atoms with Crippen molar-refractivity contribution in [2.75, 3.05) is 41.3 Å². The fourth-order valence-electron chi connectivity index (χ4n) is 7.55. The van der Waals surface area contributed by atoms with Gasteiger partial charge in [-0.2, -0.15) is 10.5 Å². The third kappa shape index (κ3) is 7.09. The Morgan fingerprint density at radius 2 is 1.59 bits per heavy atom. The molecule has 13 heteroatoms. The smallest absolute Gasteiger partial charge is 0.253 e. The normalized spacial score (nSPS) is 16.7. The Morgan fingerprint density at radius 1 is 0.980 bits per heavy atom. The molecule has 3 amide bonds. The highest BCUT2D eigenvalue weighted by Gasteiger charge is 2.46. The van der Waals surface area contributed by atoms with Gasteiger partial charge in [0.1, 0.15) is 11.9 Å². The summed E-state index contributed by atoms with van der Waals surface area (Å²) < 4.78 is 14.0. The summed E-state index contributed by atoms with van der Waals surface area (Å²) in [7, 11) is 6.85. The van der Waals surface area contributed by atoms with Crippen LogP contribution in [-0.2, 0) is 29.5 Å². The maximum Gasteiger partial charge on any atom is 0.253 e. The number of fused-ring (bicyclic) bond motifs is 2. The number of benzene rings is 3. The number of carbonyl (C=O) groups is 3. The van der Waals surface area contributed by atoms with Crippen LogP contribution >= 0.6 is 0 Å². The molecule has 0 bridgehead atoms. The Morgan fingerprint density at radius 3 is 2.12 bits per heavy atom. The second kappa shape index (κ2) is 14.8. The van der Waals surface area contributed by atoms with Gasteiger partial charge in [0.2, 0.25) is 5.91 Å². The highest BCUT2D eigenvalue weighted by Crippen LogP contribution is 2.47. The lowest BCUT2D eigenvalue weighted by atomic mass is 9.67. The van der Waals surface area contributed by atoms with Gasteiger partial charge in [-0.25, -0.2) is 4.39 Å². The minimum Gasteiger partial charge on any atom is -0.345 e. The summed E-state index contributed by atoms with van der Waals surface area (Å²) in [6.07, 6.45) is 3.33. The van der Waals surface area contributed by atoms with Crippen LogP contribution in [0.2, 0.25) is 0 Å². The summed E-state index contributed by atoms with van der Waals surface area (Å²) in [5.74, 6) is -0.383. The number of nitrogens with zero attached hydrogens (tertiary/aromatic N) is 7. The van der Waals surface area contributed by atoms with Crippen molar-refractivity contribution in [3.8, 4) is 6.07 Å². The van der Waals surface area contributed by atoms with Crippen molar-refractivity contribution in [3.05, 3.63) is 111 Å². The highest BCUT2D eigenvalue weighted by molar-refractivity contribution is 5.95. The maximum atomic E-state index is 14.0. The van der Waals surface area contributed by atoms with Crippen LogP contribution < -0.4 is 5.32 Å². The molecule has 1 fully saturated rings. The van der Waals surface area contributed by atoms with Crippen molar-refractivity contribution >= 4 is 17.7 Å².